The molecule has 0 aliphatic carbocycles. The second-order valence-corrected chi connectivity index (χ2v) is 6.12. The summed E-state index contributed by atoms with van der Waals surface area (Å²) in [5.74, 6) is 0.527. The van der Waals surface area contributed by atoms with E-state index in [4.69, 9.17) is 9.47 Å². The first-order chi connectivity index (χ1) is 13.5. The van der Waals surface area contributed by atoms with Gasteiger partial charge in [-0.15, -0.1) is 0 Å². The molecule has 0 aliphatic heterocycles. The maximum absolute atomic E-state index is 12.8. The van der Waals surface area contributed by atoms with Crippen molar-refractivity contribution in [3.8, 4) is 11.5 Å². The third kappa shape index (κ3) is 4.03. The number of nitrogens with zero attached hydrogens (tertiary/aromatic N) is 1. The maximum atomic E-state index is 12.8. The van der Waals surface area contributed by atoms with E-state index in [1.165, 1.54) is 25.3 Å². The zero-order valence-electron chi connectivity index (χ0n) is 15.5. The van der Waals surface area contributed by atoms with Crippen LogP contribution in [0.2, 0.25) is 0 Å². The molecule has 7 nitrogen and oxygen atoms in total. The third-order valence-corrected chi connectivity index (χ3v) is 4.33. The van der Waals surface area contributed by atoms with E-state index in [0.717, 1.165) is 10.8 Å². The van der Waals surface area contributed by atoms with Gasteiger partial charge in [-0.05, 0) is 23.9 Å². The molecule has 0 heterocycles. The van der Waals surface area contributed by atoms with E-state index in [0.29, 0.717) is 17.9 Å². The van der Waals surface area contributed by atoms with Gasteiger partial charge in [0.1, 0.15) is 11.5 Å². The lowest BCUT2D eigenvalue weighted by Crippen LogP contribution is -2.32. The van der Waals surface area contributed by atoms with Crippen LogP contribution in [-0.4, -0.2) is 24.0 Å². The highest BCUT2D eigenvalue weighted by Crippen LogP contribution is 2.30. The summed E-state index contributed by atoms with van der Waals surface area (Å²) in [6.07, 6.45) is -0.346. The second-order valence-electron chi connectivity index (χ2n) is 6.12. The van der Waals surface area contributed by atoms with Crippen LogP contribution >= 0.6 is 0 Å². The molecule has 1 amide bonds. The van der Waals surface area contributed by atoms with Gasteiger partial charge in [0.05, 0.1) is 17.7 Å². The fourth-order valence-electron chi connectivity index (χ4n) is 2.89. The molecular weight excluding hydrogens is 360 g/mol. The molecule has 0 bridgehead atoms. The molecule has 0 fully saturated rings. The molecule has 1 N–H and O–H groups in total. The van der Waals surface area contributed by atoms with Crippen LogP contribution in [0.5, 0.6) is 11.5 Å². The Kier molecular flexibility index (Phi) is 5.74. The molecule has 28 heavy (non-hydrogen) atoms. The number of nitrogens with one attached hydrogen (secondary N) is 1. The van der Waals surface area contributed by atoms with Crippen LogP contribution in [0.3, 0.4) is 0 Å². The van der Waals surface area contributed by atoms with Gasteiger partial charge in [-0.2, -0.15) is 0 Å². The number of fused-ring (bicyclic) bond motifs is 1. The number of carbonyl (C=O) groups is 1. The summed E-state index contributed by atoms with van der Waals surface area (Å²) in [5, 5.41) is 15.6. The minimum absolute atomic E-state index is 0.140. The number of carbonyl (C=O) groups excluding carboxylic acids is 1. The van der Waals surface area contributed by atoms with Crippen LogP contribution in [-0.2, 0) is 4.79 Å². The quantitative estimate of drug-likeness (QED) is 0.479. The van der Waals surface area contributed by atoms with E-state index in [-0.39, 0.29) is 11.4 Å². The number of rotatable bonds is 7. The van der Waals surface area contributed by atoms with Gasteiger partial charge in [0.25, 0.3) is 11.6 Å². The highest BCUT2D eigenvalue weighted by molar-refractivity contribution is 5.96. The molecule has 7 heteroatoms. The van der Waals surface area contributed by atoms with E-state index in [1.54, 1.807) is 0 Å². The number of nitro groups is 1. The number of anilines is 1. The average Bonchev–Trinajstić information content (AvgIpc) is 2.71. The van der Waals surface area contributed by atoms with Crippen LogP contribution in [0.25, 0.3) is 10.8 Å². The fraction of sp³-hybridized carbons (Fsp3) is 0.190. The van der Waals surface area contributed by atoms with Crippen LogP contribution in [0.4, 0.5) is 11.4 Å². The number of methoxy groups -OCH3 is 1. The topological polar surface area (TPSA) is 90.7 Å². The van der Waals surface area contributed by atoms with Crippen molar-refractivity contribution in [3.05, 3.63) is 70.8 Å². The molecule has 0 spiro atoms. The van der Waals surface area contributed by atoms with E-state index in [1.807, 2.05) is 49.4 Å². The fourth-order valence-corrected chi connectivity index (χ4v) is 2.89. The van der Waals surface area contributed by atoms with Crippen LogP contribution in [0.15, 0.2) is 60.7 Å². The Bertz CT molecular complexity index is 1010. The minimum atomic E-state index is -0.769. The van der Waals surface area contributed by atoms with Crippen molar-refractivity contribution in [1.29, 1.82) is 0 Å². The van der Waals surface area contributed by atoms with Gasteiger partial charge in [0.2, 0.25) is 0 Å². The van der Waals surface area contributed by atoms with Crippen molar-refractivity contribution in [2.24, 2.45) is 0 Å². The Morgan fingerprint density at radius 2 is 1.86 bits per heavy atom. The number of ether oxygens (including phenoxy) is 2. The molecule has 3 aromatic carbocycles. The molecular formula is C21H20N2O5. The van der Waals surface area contributed by atoms with Crippen LogP contribution in [0.1, 0.15) is 13.3 Å². The van der Waals surface area contributed by atoms with E-state index in [9.17, 15) is 14.9 Å². The lowest BCUT2D eigenvalue weighted by atomic mass is 10.1. The van der Waals surface area contributed by atoms with E-state index in [2.05, 4.69) is 5.32 Å². The summed E-state index contributed by atoms with van der Waals surface area (Å²) in [5.41, 5.74) is 0.0841. The highest BCUT2D eigenvalue weighted by atomic mass is 16.6. The largest absolute Gasteiger partial charge is 0.495 e. The van der Waals surface area contributed by atoms with Gasteiger partial charge >= 0.3 is 0 Å². The molecule has 3 rings (SSSR count). The van der Waals surface area contributed by atoms with Crippen molar-refractivity contribution in [1.82, 2.24) is 0 Å². The van der Waals surface area contributed by atoms with Crippen molar-refractivity contribution >= 4 is 28.1 Å². The predicted molar refractivity (Wildman–Crippen MR) is 107 cm³/mol. The van der Waals surface area contributed by atoms with Gasteiger partial charge < -0.3 is 14.8 Å². The molecule has 0 saturated carbocycles. The first-order valence-corrected chi connectivity index (χ1v) is 8.81. The molecule has 0 radical (unpaired) electrons. The van der Waals surface area contributed by atoms with Gasteiger partial charge in [0.15, 0.2) is 6.10 Å². The molecule has 0 aliphatic rings. The smallest absolute Gasteiger partial charge is 0.271 e. The first-order valence-electron chi connectivity index (χ1n) is 8.81. The zero-order chi connectivity index (χ0) is 20.1. The normalized spacial score (nSPS) is 11.6. The Hall–Kier alpha value is -3.61. The Morgan fingerprint density at radius 3 is 2.57 bits per heavy atom. The summed E-state index contributed by atoms with van der Waals surface area (Å²) in [6, 6.07) is 17.4. The lowest BCUT2D eigenvalue weighted by Gasteiger charge is -2.19. The van der Waals surface area contributed by atoms with E-state index >= 15 is 0 Å². The number of nitro benzene ring substituents is 1. The van der Waals surface area contributed by atoms with Crippen molar-refractivity contribution in [2.45, 2.75) is 19.4 Å². The summed E-state index contributed by atoms with van der Waals surface area (Å²) < 4.78 is 11.2. The third-order valence-electron chi connectivity index (χ3n) is 4.33. The Balaban J connectivity index is 1.84. The van der Waals surface area contributed by atoms with Gasteiger partial charge in [-0.25, -0.2) is 0 Å². The summed E-state index contributed by atoms with van der Waals surface area (Å²) >= 11 is 0. The van der Waals surface area contributed by atoms with Gasteiger partial charge in [-0.1, -0.05) is 43.3 Å². The van der Waals surface area contributed by atoms with Gasteiger partial charge in [0, 0.05) is 17.5 Å². The molecule has 144 valence electrons. The summed E-state index contributed by atoms with van der Waals surface area (Å²) in [7, 11) is 1.43. The number of hydrogen-bond acceptors (Lipinski definition) is 5. The zero-order valence-corrected chi connectivity index (χ0v) is 15.5. The van der Waals surface area contributed by atoms with Crippen molar-refractivity contribution < 1.29 is 19.2 Å². The number of amides is 1. The van der Waals surface area contributed by atoms with Crippen molar-refractivity contribution in [3.63, 3.8) is 0 Å². The van der Waals surface area contributed by atoms with E-state index < -0.39 is 16.9 Å². The molecule has 0 saturated heterocycles. The predicted octanol–water partition coefficient (Wildman–Crippen LogP) is 4.55. The molecule has 3 aromatic rings. The average molecular weight is 380 g/mol. The first kappa shape index (κ1) is 19.2. The molecule has 0 aromatic heterocycles. The SMILES string of the molecule is CC[C@H](Oc1cccc2ccccc12)C(=O)Nc1cc([N+](=O)[O-])ccc1OC. The van der Waals surface area contributed by atoms with Crippen molar-refractivity contribution in [2.75, 3.05) is 12.4 Å². The Labute approximate surface area is 162 Å². The lowest BCUT2D eigenvalue weighted by molar-refractivity contribution is -0.384. The number of benzene rings is 3. The summed E-state index contributed by atoms with van der Waals surface area (Å²) in [4.78, 5) is 23.3. The second kappa shape index (κ2) is 8.39. The number of non-ortho nitro benzene ring substituents is 1. The van der Waals surface area contributed by atoms with Crippen LogP contribution in [0, 0.1) is 10.1 Å². The highest BCUT2D eigenvalue weighted by Gasteiger charge is 2.22. The Morgan fingerprint density at radius 1 is 1.11 bits per heavy atom. The standard InChI is InChI=1S/C21H20N2O5/c1-3-18(28-19-10-6-8-14-7-4-5-9-16(14)19)21(24)22-17-13-15(23(25)26)11-12-20(17)27-2/h4-13,18H,3H2,1-2H3,(H,22,24)/t18-/m0/s1. The summed E-state index contributed by atoms with van der Waals surface area (Å²) in [6.45, 7) is 1.83. The minimum Gasteiger partial charge on any atom is -0.495 e. The van der Waals surface area contributed by atoms with Gasteiger partial charge in [-0.3, -0.25) is 14.9 Å². The monoisotopic (exact) mass is 380 g/mol. The van der Waals surface area contributed by atoms with Crippen LogP contribution < -0.4 is 14.8 Å². The molecule has 1 atom stereocenters. The number of hydrogen-bond donors (Lipinski definition) is 1. The maximum Gasteiger partial charge on any atom is 0.271 e. The molecule has 0 unspecified atom stereocenters.